The van der Waals surface area contributed by atoms with Crippen LogP contribution in [0.1, 0.15) is 0 Å². The normalized spacial score (nSPS) is 10.7. The van der Waals surface area contributed by atoms with Gasteiger partial charge in [0.15, 0.2) is 0 Å². The van der Waals surface area contributed by atoms with Crippen molar-refractivity contribution in [1.29, 1.82) is 0 Å². The van der Waals surface area contributed by atoms with Crippen molar-refractivity contribution in [1.82, 2.24) is 0 Å². The Labute approximate surface area is 89.3 Å². The third-order valence-corrected chi connectivity index (χ3v) is 2.12. The van der Waals surface area contributed by atoms with Crippen LogP contribution in [-0.4, -0.2) is 6.61 Å². The zero-order valence-electron chi connectivity index (χ0n) is 6.64. The summed E-state index contributed by atoms with van der Waals surface area (Å²) in [7, 11) is 0. The van der Waals surface area contributed by atoms with Crippen LogP contribution < -0.4 is 4.74 Å². The van der Waals surface area contributed by atoms with Gasteiger partial charge in [0, 0.05) is 5.54 Å². The fourth-order valence-electron chi connectivity index (χ4n) is 0.767. The lowest BCUT2D eigenvalue weighted by molar-refractivity contribution is 0.360. The highest BCUT2D eigenvalue weighted by Gasteiger charge is 2.00. The Balaban J connectivity index is 2.66. The molecule has 0 spiro atoms. The molecule has 0 unspecified atom stereocenters. The van der Waals surface area contributed by atoms with Gasteiger partial charge in [0.05, 0.1) is 4.47 Å². The minimum Gasteiger partial charge on any atom is -0.488 e. The minimum atomic E-state index is -0.299. The monoisotopic (exact) mass is 264 g/mol. The van der Waals surface area contributed by atoms with E-state index < -0.39 is 0 Å². The first-order chi connectivity index (χ1) is 6.24. The number of hydrogen-bond donors (Lipinski definition) is 0. The van der Waals surface area contributed by atoms with E-state index in [1.54, 1.807) is 12.1 Å². The van der Waals surface area contributed by atoms with E-state index in [1.807, 2.05) is 0 Å². The van der Waals surface area contributed by atoms with Crippen LogP contribution in [0.25, 0.3) is 0 Å². The maximum Gasteiger partial charge on any atom is 0.134 e. The number of ether oxygens (including phenoxy) is 1. The smallest absolute Gasteiger partial charge is 0.134 e. The van der Waals surface area contributed by atoms with Crippen LogP contribution in [0.3, 0.4) is 0 Å². The molecule has 0 heterocycles. The molecule has 0 aliphatic rings. The van der Waals surface area contributed by atoms with Gasteiger partial charge in [-0.15, -0.1) is 0 Å². The molecule has 0 N–H and O–H groups in total. The SMILES string of the molecule is Fc1ccc(OC/C=C/Cl)c(Br)c1. The largest absolute Gasteiger partial charge is 0.488 e. The summed E-state index contributed by atoms with van der Waals surface area (Å²) in [6.07, 6.45) is 1.65. The van der Waals surface area contributed by atoms with E-state index in [1.165, 1.54) is 17.7 Å². The second kappa shape index (κ2) is 5.25. The molecular formula is C9H7BrClFO. The van der Waals surface area contributed by atoms with Gasteiger partial charge in [-0.05, 0) is 40.2 Å². The molecule has 1 nitrogen and oxygen atoms in total. The summed E-state index contributed by atoms with van der Waals surface area (Å²) < 4.78 is 18.5. The maximum absolute atomic E-state index is 12.6. The van der Waals surface area contributed by atoms with Gasteiger partial charge in [-0.1, -0.05) is 11.6 Å². The molecular weight excluding hydrogens is 258 g/mol. The highest BCUT2D eigenvalue weighted by atomic mass is 79.9. The summed E-state index contributed by atoms with van der Waals surface area (Å²) in [6, 6.07) is 4.24. The summed E-state index contributed by atoms with van der Waals surface area (Å²) in [5.41, 5.74) is 1.37. The van der Waals surface area contributed by atoms with Crippen molar-refractivity contribution in [3.8, 4) is 5.75 Å². The van der Waals surface area contributed by atoms with Crippen LogP contribution in [-0.2, 0) is 0 Å². The molecule has 1 aromatic rings. The van der Waals surface area contributed by atoms with Crippen molar-refractivity contribution in [3.63, 3.8) is 0 Å². The Morgan fingerprint density at radius 2 is 2.31 bits per heavy atom. The first kappa shape index (κ1) is 10.5. The molecule has 0 aromatic heterocycles. The van der Waals surface area contributed by atoms with E-state index in [2.05, 4.69) is 15.9 Å². The fourth-order valence-corrected chi connectivity index (χ4v) is 1.30. The van der Waals surface area contributed by atoms with E-state index in [0.717, 1.165) is 0 Å². The van der Waals surface area contributed by atoms with Crippen LogP contribution in [0.5, 0.6) is 5.75 Å². The van der Waals surface area contributed by atoms with Crippen molar-refractivity contribution in [2.45, 2.75) is 0 Å². The van der Waals surface area contributed by atoms with Gasteiger partial charge < -0.3 is 4.74 Å². The number of rotatable bonds is 3. The molecule has 13 heavy (non-hydrogen) atoms. The lowest BCUT2D eigenvalue weighted by Crippen LogP contribution is -1.93. The fraction of sp³-hybridized carbons (Fsp3) is 0.111. The third kappa shape index (κ3) is 3.36. The highest BCUT2D eigenvalue weighted by Crippen LogP contribution is 2.25. The number of benzene rings is 1. The minimum absolute atomic E-state index is 0.299. The van der Waals surface area contributed by atoms with Crippen molar-refractivity contribution in [3.05, 3.63) is 40.1 Å². The predicted molar refractivity (Wildman–Crippen MR) is 54.6 cm³/mol. The summed E-state index contributed by atoms with van der Waals surface area (Å²) in [4.78, 5) is 0. The summed E-state index contributed by atoms with van der Waals surface area (Å²) in [5, 5.41) is 0. The van der Waals surface area contributed by atoms with E-state index in [9.17, 15) is 4.39 Å². The molecule has 4 heteroatoms. The quantitative estimate of drug-likeness (QED) is 0.809. The van der Waals surface area contributed by atoms with Gasteiger partial charge in [-0.25, -0.2) is 4.39 Å². The van der Waals surface area contributed by atoms with E-state index in [0.29, 0.717) is 16.8 Å². The molecule has 0 aliphatic heterocycles. The van der Waals surface area contributed by atoms with Gasteiger partial charge >= 0.3 is 0 Å². The van der Waals surface area contributed by atoms with Crippen LogP contribution in [0, 0.1) is 5.82 Å². The Hall–Kier alpha value is -0.540. The summed E-state index contributed by atoms with van der Waals surface area (Å²) >= 11 is 8.48. The van der Waals surface area contributed by atoms with Gasteiger partial charge in [0.25, 0.3) is 0 Å². The molecule has 0 amide bonds. The maximum atomic E-state index is 12.6. The first-order valence-corrected chi connectivity index (χ1v) is 4.80. The molecule has 0 saturated heterocycles. The van der Waals surface area contributed by atoms with Gasteiger partial charge in [0.2, 0.25) is 0 Å². The molecule has 0 bridgehead atoms. The topological polar surface area (TPSA) is 9.23 Å². The third-order valence-electron chi connectivity index (χ3n) is 1.32. The highest BCUT2D eigenvalue weighted by molar-refractivity contribution is 9.10. The van der Waals surface area contributed by atoms with Crippen LogP contribution in [0.4, 0.5) is 4.39 Å². The molecule has 0 atom stereocenters. The van der Waals surface area contributed by atoms with Crippen LogP contribution in [0.15, 0.2) is 34.3 Å². The number of halogens is 3. The van der Waals surface area contributed by atoms with E-state index in [-0.39, 0.29) is 5.82 Å². The average molecular weight is 266 g/mol. The average Bonchev–Trinajstić information content (AvgIpc) is 2.09. The molecule has 0 fully saturated rings. The lowest BCUT2D eigenvalue weighted by Gasteiger charge is -2.04. The summed E-state index contributed by atoms with van der Waals surface area (Å²) in [6.45, 7) is 0.369. The van der Waals surface area contributed by atoms with Gasteiger partial charge in [-0.2, -0.15) is 0 Å². The Kier molecular flexibility index (Phi) is 4.25. The zero-order valence-corrected chi connectivity index (χ0v) is 8.98. The first-order valence-electron chi connectivity index (χ1n) is 3.57. The summed E-state index contributed by atoms with van der Waals surface area (Å²) in [5.74, 6) is 0.295. The lowest BCUT2D eigenvalue weighted by atomic mass is 10.3. The molecule has 0 radical (unpaired) electrons. The second-order valence-electron chi connectivity index (χ2n) is 2.25. The molecule has 1 rings (SSSR count). The van der Waals surface area contributed by atoms with Crippen LogP contribution in [0.2, 0.25) is 0 Å². The van der Waals surface area contributed by atoms with E-state index >= 15 is 0 Å². The molecule has 0 saturated carbocycles. The van der Waals surface area contributed by atoms with Crippen molar-refractivity contribution >= 4 is 27.5 Å². The van der Waals surface area contributed by atoms with Crippen LogP contribution >= 0.6 is 27.5 Å². The van der Waals surface area contributed by atoms with Crippen molar-refractivity contribution in [2.75, 3.05) is 6.61 Å². The molecule has 0 aliphatic carbocycles. The second-order valence-corrected chi connectivity index (χ2v) is 3.35. The van der Waals surface area contributed by atoms with Gasteiger partial charge in [0.1, 0.15) is 18.2 Å². The predicted octanol–water partition coefficient (Wildman–Crippen LogP) is 3.72. The Bertz CT molecular complexity index is 314. The zero-order chi connectivity index (χ0) is 9.68. The number of hydrogen-bond acceptors (Lipinski definition) is 1. The molecule has 1 aromatic carbocycles. The Morgan fingerprint density at radius 3 is 2.92 bits per heavy atom. The van der Waals surface area contributed by atoms with E-state index in [4.69, 9.17) is 16.3 Å². The van der Waals surface area contributed by atoms with Crippen molar-refractivity contribution in [2.24, 2.45) is 0 Å². The van der Waals surface area contributed by atoms with Crippen molar-refractivity contribution < 1.29 is 9.13 Å². The Morgan fingerprint density at radius 1 is 1.54 bits per heavy atom. The standard InChI is InChI=1S/C9H7BrClFO/c10-8-6-7(12)2-3-9(8)13-5-1-4-11/h1-4,6H,5H2/b4-1+. The molecule has 70 valence electrons. The van der Waals surface area contributed by atoms with Gasteiger partial charge in [-0.3, -0.25) is 0 Å².